The molecule has 1 aromatic carbocycles. The van der Waals surface area contributed by atoms with E-state index in [1.807, 2.05) is 24.1 Å². The van der Waals surface area contributed by atoms with Crippen LogP contribution in [0.1, 0.15) is 29.7 Å². The van der Waals surface area contributed by atoms with Gasteiger partial charge in [0.1, 0.15) is 23.8 Å². The molecule has 2 aliphatic rings. The summed E-state index contributed by atoms with van der Waals surface area (Å²) in [5.41, 5.74) is 4.70. The van der Waals surface area contributed by atoms with Crippen LogP contribution in [0, 0.1) is 18.6 Å². The summed E-state index contributed by atoms with van der Waals surface area (Å²) in [5.74, 6) is -0.355. The molecule has 2 N–H and O–H groups in total. The summed E-state index contributed by atoms with van der Waals surface area (Å²) in [7, 11) is 0. The fourth-order valence-electron chi connectivity index (χ4n) is 4.69. The van der Waals surface area contributed by atoms with Gasteiger partial charge in [0.05, 0.1) is 22.1 Å². The molecule has 2 aliphatic heterocycles. The second-order valence-corrected chi connectivity index (χ2v) is 8.94. The van der Waals surface area contributed by atoms with Crippen LogP contribution in [0.4, 0.5) is 20.3 Å². The molecule has 5 rings (SSSR count). The SMILES string of the molecule is Cc1c(-c2cc(NC3CCNC3)ncn2)cnc2c1N(Cc1c(F)ccc(F)c1Cl)CCC2. The lowest BCUT2D eigenvalue weighted by Gasteiger charge is -2.33. The van der Waals surface area contributed by atoms with E-state index >= 15 is 0 Å². The Morgan fingerprint density at radius 1 is 1.21 bits per heavy atom. The Bertz CT molecular complexity index is 1180. The normalized spacial score (nSPS) is 17.8. The zero-order valence-corrected chi connectivity index (χ0v) is 19.1. The molecule has 0 saturated carbocycles. The Labute approximate surface area is 196 Å². The highest BCUT2D eigenvalue weighted by Gasteiger charge is 2.25. The van der Waals surface area contributed by atoms with Gasteiger partial charge in [-0.1, -0.05) is 11.6 Å². The van der Waals surface area contributed by atoms with Gasteiger partial charge >= 0.3 is 0 Å². The van der Waals surface area contributed by atoms with Gasteiger partial charge in [0.25, 0.3) is 0 Å². The number of benzene rings is 1. The number of halogens is 3. The van der Waals surface area contributed by atoms with Gasteiger partial charge in [-0.25, -0.2) is 18.7 Å². The third-order valence-corrected chi connectivity index (χ3v) is 6.79. The van der Waals surface area contributed by atoms with E-state index in [4.69, 9.17) is 16.6 Å². The molecule has 0 aliphatic carbocycles. The molecule has 4 heterocycles. The number of nitrogens with zero attached hydrogens (tertiary/aromatic N) is 4. The maximum absolute atomic E-state index is 14.5. The molecule has 172 valence electrons. The molecule has 1 unspecified atom stereocenters. The summed E-state index contributed by atoms with van der Waals surface area (Å²) in [6.07, 6.45) is 6.16. The maximum atomic E-state index is 14.5. The number of nitrogens with one attached hydrogen (secondary N) is 2. The molecule has 0 bridgehead atoms. The van der Waals surface area contributed by atoms with Crippen molar-refractivity contribution in [3.63, 3.8) is 0 Å². The van der Waals surface area contributed by atoms with E-state index in [0.717, 1.165) is 78.5 Å². The lowest BCUT2D eigenvalue weighted by Crippen LogP contribution is -2.31. The standard InChI is InChI=1S/C24H25ClF2N6/c1-14-16(21-9-22(31-13-30-21)32-15-6-7-28-10-15)11-29-20-3-2-8-33(24(14)20)12-17-18(26)4-5-19(27)23(17)25/h4-5,9,11,13,15,28H,2-3,6-8,10,12H2,1H3,(H,30,31,32). The number of anilines is 2. The quantitative estimate of drug-likeness (QED) is 0.535. The van der Waals surface area contributed by atoms with E-state index in [9.17, 15) is 8.78 Å². The zero-order chi connectivity index (χ0) is 22.9. The van der Waals surface area contributed by atoms with E-state index < -0.39 is 11.6 Å². The minimum atomic E-state index is -0.618. The monoisotopic (exact) mass is 470 g/mol. The van der Waals surface area contributed by atoms with Crippen LogP contribution in [-0.4, -0.2) is 40.6 Å². The zero-order valence-electron chi connectivity index (χ0n) is 18.3. The smallest absolute Gasteiger partial charge is 0.142 e. The molecule has 1 atom stereocenters. The molecular weight excluding hydrogens is 446 g/mol. The topological polar surface area (TPSA) is 66.0 Å². The summed E-state index contributed by atoms with van der Waals surface area (Å²) in [4.78, 5) is 15.6. The Morgan fingerprint density at radius 3 is 2.88 bits per heavy atom. The van der Waals surface area contributed by atoms with Crippen molar-refractivity contribution >= 4 is 23.1 Å². The molecule has 6 nitrogen and oxygen atoms in total. The molecule has 1 saturated heterocycles. The summed E-state index contributed by atoms with van der Waals surface area (Å²) < 4.78 is 28.5. The highest BCUT2D eigenvalue weighted by atomic mass is 35.5. The lowest BCUT2D eigenvalue weighted by molar-refractivity contribution is 0.576. The van der Waals surface area contributed by atoms with Gasteiger partial charge in [0.15, 0.2) is 0 Å². The van der Waals surface area contributed by atoms with Crippen molar-refractivity contribution in [2.75, 3.05) is 29.9 Å². The van der Waals surface area contributed by atoms with Gasteiger partial charge in [-0.3, -0.25) is 4.98 Å². The molecule has 1 fully saturated rings. The maximum Gasteiger partial charge on any atom is 0.142 e. The van der Waals surface area contributed by atoms with Crippen LogP contribution in [0.5, 0.6) is 0 Å². The van der Waals surface area contributed by atoms with Crippen molar-refractivity contribution in [3.05, 3.63) is 64.2 Å². The molecule has 9 heteroatoms. The van der Waals surface area contributed by atoms with E-state index in [1.54, 1.807) is 6.33 Å². The Morgan fingerprint density at radius 2 is 2.06 bits per heavy atom. The van der Waals surface area contributed by atoms with Crippen molar-refractivity contribution in [3.8, 4) is 11.3 Å². The number of hydrogen-bond donors (Lipinski definition) is 2. The number of rotatable bonds is 5. The van der Waals surface area contributed by atoms with Crippen molar-refractivity contribution < 1.29 is 8.78 Å². The van der Waals surface area contributed by atoms with Crippen LogP contribution in [0.15, 0.2) is 30.7 Å². The molecule has 0 spiro atoms. The molecule has 3 aromatic rings. The van der Waals surface area contributed by atoms with E-state index in [1.165, 1.54) is 0 Å². The molecule has 0 amide bonds. The highest BCUT2D eigenvalue weighted by molar-refractivity contribution is 6.31. The first-order chi connectivity index (χ1) is 16.0. The van der Waals surface area contributed by atoms with Crippen molar-refractivity contribution in [1.29, 1.82) is 0 Å². The van der Waals surface area contributed by atoms with Gasteiger partial charge in [0.2, 0.25) is 0 Å². The predicted molar refractivity (Wildman–Crippen MR) is 126 cm³/mol. The minimum absolute atomic E-state index is 0.160. The first-order valence-electron chi connectivity index (χ1n) is 11.2. The first-order valence-corrected chi connectivity index (χ1v) is 11.5. The average Bonchev–Trinajstić information content (AvgIpc) is 3.33. The number of aryl methyl sites for hydroxylation is 1. The number of fused-ring (bicyclic) bond motifs is 1. The summed E-state index contributed by atoms with van der Waals surface area (Å²) >= 11 is 6.11. The van der Waals surface area contributed by atoms with Crippen molar-refractivity contribution in [2.45, 2.75) is 38.8 Å². The van der Waals surface area contributed by atoms with Crippen LogP contribution in [0.25, 0.3) is 11.3 Å². The van der Waals surface area contributed by atoms with Gasteiger partial charge in [-0.15, -0.1) is 0 Å². The Balaban J connectivity index is 1.49. The Hall–Kier alpha value is -2.84. The fourth-order valence-corrected chi connectivity index (χ4v) is 4.90. The van der Waals surface area contributed by atoms with Gasteiger partial charge < -0.3 is 15.5 Å². The van der Waals surface area contributed by atoms with Gasteiger partial charge in [-0.2, -0.15) is 0 Å². The second-order valence-electron chi connectivity index (χ2n) is 8.56. The van der Waals surface area contributed by atoms with E-state index in [0.29, 0.717) is 12.6 Å². The van der Waals surface area contributed by atoms with Crippen LogP contribution < -0.4 is 15.5 Å². The van der Waals surface area contributed by atoms with Crippen LogP contribution in [0.3, 0.4) is 0 Å². The van der Waals surface area contributed by atoms with Crippen molar-refractivity contribution in [2.24, 2.45) is 0 Å². The van der Waals surface area contributed by atoms with Gasteiger partial charge in [-0.05, 0) is 50.4 Å². The highest BCUT2D eigenvalue weighted by Crippen LogP contribution is 2.37. The third-order valence-electron chi connectivity index (χ3n) is 6.38. The lowest BCUT2D eigenvalue weighted by atomic mass is 9.98. The van der Waals surface area contributed by atoms with Crippen LogP contribution >= 0.6 is 11.6 Å². The largest absolute Gasteiger partial charge is 0.366 e. The van der Waals surface area contributed by atoms with Crippen LogP contribution in [0.2, 0.25) is 5.02 Å². The van der Waals surface area contributed by atoms with Crippen molar-refractivity contribution in [1.82, 2.24) is 20.3 Å². The molecular formula is C24H25ClF2N6. The summed E-state index contributed by atoms with van der Waals surface area (Å²) in [5, 5.41) is 6.62. The molecule has 33 heavy (non-hydrogen) atoms. The fraction of sp³-hybridized carbons (Fsp3) is 0.375. The molecule has 2 aromatic heterocycles. The number of hydrogen-bond acceptors (Lipinski definition) is 6. The summed E-state index contributed by atoms with van der Waals surface area (Å²) in [6, 6.07) is 4.46. The third kappa shape index (κ3) is 4.37. The molecule has 0 radical (unpaired) electrons. The number of aromatic nitrogens is 3. The van der Waals surface area contributed by atoms with Gasteiger partial charge in [0, 0.05) is 49.1 Å². The van der Waals surface area contributed by atoms with E-state index in [2.05, 4.69) is 20.6 Å². The Kier molecular flexibility index (Phi) is 6.12. The second kappa shape index (κ2) is 9.19. The van der Waals surface area contributed by atoms with Crippen LogP contribution in [-0.2, 0) is 13.0 Å². The summed E-state index contributed by atoms with van der Waals surface area (Å²) in [6.45, 7) is 4.80. The minimum Gasteiger partial charge on any atom is -0.366 e. The van der Waals surface area contributed by atoms with E-state index in [-0.39, 0.29) is 17.1 Å². The average molecular weight is 471 g/mol. The predicted octanol–water partition coefficient (Wildman–Crippen LogP) is 4.51. The first kappa shape index (κ1) is 22.0. The number of pyridine rings is 1.